The molecule has 2 N–H and O–H groups in total. The van der Waals surface area contributed by atoms with Crippen LogP contribution >= 0.6 is 0 Å². The molecular weight excluding hydrogens is 312 g/mol. The highest BCUT2D eigenvalue weighted by Gasteiger charge is 2.62. The maximum Gasteiger partial charge on any atom is 0.230 e. The lowest BCUT2D eigenvalue weighted by atomic mass is 9.40. The molecule has 2 amide bonds. The zero-order valence-electron chi connectivity index (χ0n) is 15.4. The zero-order valence-corrected chi connectivity index (χ0v) is 15.4. The van der Waals surface area contributed by atoms with Gasteiger partial charge in [-0.1, -0.05) is 19.9 Å². The van der Waals surface area contributed by atoms with E-state index in [9.17, 15) is 9.59 Å². The van der Waals surface area contributed by atoms with E-state index in [-0.39, 0.29) is 17.2 Å². The fourth-order valence-corrected chi connectivity index (χ4v) is 6.84. The Morgan fingerprint density at radius 3 is 2.12 bits per heavy atom. The number of benzene rings is 1. The minimum atomic E-state index is -0.215. The predicted molar refractivity (Wildman–Crippen MR) is 99.2 cm³/mol. The van der Waals surface area contributed by atoms with E-state index in [1.54, 1.807) is 0 Å². The van der Waals surface area contributed by atoms with Gasteiger partial charge in [0, 0.05) is 18.3 Å². The average molecular weight is 340 g/mol. The first-order chi connectivity index (χ1) is 11.7. The summed E-state index contributed by atoms with van der Waals surface area (Å²) >= 11 is 0. The van der Waals surface area contributed by atoms with Gasteiger partial charge in [0.05, 0.1) is 5.41 Å². The van der Waals surface area contributed by atoms with Crippen LogP contribution in [0.5, 0.6) is 0 Å². The molecule has 1 aromatic rings. The summed E-state index contributed by atoms with van der Waals surface area (Å²) in [6.07, 6.45) is 6.91. The summed E-state index contributed by atoms with van der Waals surface area (Å²) < 4.78 is 0. The molecule has 1 aromatic carbocycles. The monoisotopic (exact) mass is 340 g/mol. The van der Waals surface area contributed by atoms with Crippen molar-refractivity contribution in [2.75, 3.05) is 10.6 Å². The first-order valence-corrected chi connectivity index (χ1v) is 9.39. The van der Waals surface area contributed by atoms with E-state index in [0.29, 0.717) is 16.7 Å². The van der Waals surface area contributed by atoms with Crippen LogP contribution in [0.15, 0.2) is 24.3 Å². The molecular formula is C21H28N2O2. The second kappa shape index (κ2) is 5.33. The summed E-state index contributed by atoms with van der Waals surface area (Å²) in [5.41, 5.74) is 1.91. The van der Waals surface area contributed by atoms with E-state index in [1.807, 2.05) is 24.3 Å². The summed E-state index contributed by atoms with van der Waals surface area (Å²) in [5.74, 6) is 0.766. The molecule has 4 aliphatic carbocycles. The molecule has 5 rings (SSSR count). The Balaban J connectivity index is 1.56. The number of hydrogen-bond donors (Lipinski definition) is 2. The Kier molecular flexibility index (Phi) is 3.54. The summed E-state index contributed by atoms with van der Waals surface area (Å²) in [6, 6.07) is 7.43. The third kappa shape index (κ3) is 2.96. The highest BCUT2D eigenvalue weighted by atomic mass is 16.2. The second-order valence-electron chi connectivity index (χ2n) is 9.63. The van der Waals surface area contributed by atoms with Crippen LogP contribution in [0.3, 0.4) is 0 Å². The standard InChI is InChI=1S/C21H28N2O2/c1-14(24)22-16-5-4-6-17(7-16)23-18(25)21-10-15-8-19(2,12-21)11-20(3,9-15)13-21/h4-7,15H,8-13H2,1-3H3,(H,22,24)(H,23,25). The van der Waals surface area contributed by atoms with Crippen molar-refractivity contribution < 1.29 is 9.59 Å². The number of nitrogens with one attached hydrogen (secondary N) is 2. The molecule has 4 nitrogen and oxygen atoms in total. The highest BCUT2D eigenvalue weighted by Crippen LogP contribution is 2.69. The average Bonchev–Trinajstić information content (AvgIpc) is 2.42. The molecule has 0 aliphatic heterocycles. The van der Waals surface area contributed by atoms with E-state index < -0.39 is 0 Å². The van der Waals surface area contributed by atoms with Gasteiger partial charge in [0.2, 0.25) is 11.8 Å². The van der Waals surface area contributed by atoms with Gasteiger partial charge in [0.15, 0.2) is 0 Å². The van der Waals surface area contributed by atoms with E-state index in [4.69, 9.17) is 0 Å². The van der Waals surface area contributed by atoms with Crippen molar-refractivity contribution in [3.05, 3.63) is 24.3 Å². The second-order valence-corrected chi connectivity index (χ2v) is 9.63. The van der Waals surface area contributed by atoms with Crippen molar-refractivity contribution in [1.82, 2.24) is 0 Å². The minimum absolute atomic E-state index is 0.106. The number of rotatable bonds is 3. The lowest BCUT2D eigenvalue weighted by Crippen LogP contribution is -2.58. The normalized spacial score (nSPS) is 38.4. The largest absolute Gasteiger partial charge is 0.326 e. The molecule has 4 aliphatic rings. The SMILES string of the molecule is CC(=O)Nc1cccc(NC(=O)C23CC4CC(C)(CC(C)(C4)C2)C3)c1. The van der Waals surface area contributed by atoms with Crippen molar-refractivity contribution in [2.24, 2.45) is 22.2 Å². The number of carbonyl (C=O) groups is 2. The maximum atomic E-state index is 13.3. The van der Waals surface area contributed by atoms with Crippen LogP contribution in [-0.4, -0.2) is 11.8 Å². The van der Waals surface area contributed by atoms with Crippen molar-refractivity contribution in [2.45, 2.75) is 59.3 Å². The summed E-state index contributed by atoms with van der Waals surface area (Å²) in [4.78, 5) is 24.5. The highest BCUT2D eigenvalue weighted by molar-refractivity contribution is 5.97. The minimum Gasteiger partial charge on any atom is -0.326 e. The Bertz CT molecular complexity index is 723. The smallest absolute Gasteiger partial charge is 0.230 e. The number of hydrogen-bond acceptors (Lipinski definition) is 2. The van der Waals surface area contributed by atoms with E-state index in [2.05, 4.69) is 24.5 Å². The summed E-state index contributed by atoms with van der Waals surface area (Å²) in [6.45, 7) is 6.26. The Hall–Kier alpha value is -1.84. The third-order valence-corrected chi connectivity index (χ3v) is 6.55. The first-order valence-electron chi connectivity index (χ1n) is 9.39. The third-order valence-electron chi connectivity index (χ3n) is 6.55. The van der Waals surface area contributed by atoms with Crippen molar-refractivity contribution >= 4 is 23.2 Å². The molecule has 2 unspecified atom stereocenters. The van der Waals surface area contributed by atoms with Crippen molar-refractivity contribution in [3.8, 4) is 0 Å². The van der Waals surface area contributed by atoms with Gasteiger partial charge in [0.1, 0.15) is 0 Å². The van der Waals surface area contributed by atoms with Crippen molar-refractivity contribution in [1.29, 1.82) is 0 Å². The van der Waals surface area contributed by atoms with Gasteiger partial charge in [-0.25, -0.2) is 0 Å². The summed E-state index contributed by atoms with van der Waals surface area (Å²) in [5, 5.41) is 5.93. The van der Waals surface area contributed by atoms with Gasteiger partial charge in [-0.05, 0) is 73.5 Å². The molecule has 25 heavy (non-hydrogen) atoms. The molecule has 0 aromatic heterocycles. The fourth-order valence-electron chi connectivity index (χ4n) is 6.84. The van der Waals surface area contributed by atoms with E-state index in [1.165, 1.54) is 26.2 Å². The van der Waals surface area contributed by atoms with Crippen LogP contribution in [0.25, 0.3) is 0 Å². The number of amides is 2. The van der Waals surface area contributed by atoms with Gasteiger partial charge >= 0.3 is 0 Å². The van der Waals surface area contributed by atoms with Crippen LogP contribution in [0.1, 0.15) is 59.3 Å². The van der Waals surface area contributed by atoms with Crippen LogP contribution in [0.4, 0.5) is 11.4 Å². The molecule has 0 saturated heterocycles. The summed E-state index contributed by atoms with van der Waals surface area (Å²) in [7, 11) is 0. The lowest BCUT2D eigenvalue weighted by Gasteiger charge is -2.64. The van der Waals surface area contributed by atoms with Crippen LogP contribution in [-0.2, 0) is 9.59 Å². The van der Waals surface area contributed by atoms with Crippen LogP contribution in [0.2, 0.25) is 0 Å². The molecule has 0 spiro atoms. The van der Waals surface area contributed by atoms with Crippen LogP contribution in [0, 0.1) is 22.2 Å². The fraction of sp³-hybridized carbons (Fsp3) is 0.619. The van der Waals surface area contributed by atoms with Crippen molar-refractivity contribution in [3.63, 3.8) is 0 Å². The Morgan fingerprint density at radius 2 is 1.56 bits per heavy atom. The Morgan fingerprint density at radius 1 is 0.960 bits per heavy atom. The Labute approximate surface area is 149 Å². The van der Waals surface area contributed by atoms with Gasteiger partial charge in [-0.3, -0.25) is 9.59 Å². The molecule has 2 atom stereocenters. The maximum absolute atomic E-state index is 13.3. The topological polar surface area (TPSA) is 58.2 Å². The van der Waals surface area contributed by atoms with Crippen LogP contribution < -0.4 is 10.6 Å². The van der Waals surface area contributed by atoms with E-state index in [0.717, 1.165) is 30.6 Å². The quantitative estimate of drug-likeness (QED) is 0.846. The lowest BCUT2D eigenvalue weighted by molar-refractivity contribution is -0.165. The predicted octanol–water partition coefficient (Wildman–Crippen LogP) is 4.58. The van der Waals surface area contributed by atoms with Gasteiger partial charge < -0.3 is 10.6 Å². The van der Waals surface area contributed by atoms with E-state index >= 15 is 0 Å². The zero-order chi connectivity index (χ0) is 17.9. The molecule has 134 valence electrons. The number of carbonyl (C=O) groups excluding carboxylic acids is 2. The van der Waals surface area contributed by atoms with Gasteiger partial charge in [-0.15, -0.1) is 0 Å². The molecule has 0 heterocycles. The molecule has 0 radical (unpaired) electrons. The first kappa shape index (κ1) is 16.6. The molecule has 4 saturated carbocycles. The molecule has 4 heteroatoms. The number of anilines is 2. The van der Waals surface area contributed by atoms with Gasteiger partial charge in [-0.2, -0.15) is 0 Å². The van der Waals surface area contributed by atoms with Gasteiger partial charge in [0.25, 0.3) is 0 Å². The molecule has 4 bridgehead atoms. The molecule has 4 fully saturated rings.